The Kier molecular flexibility index (Phi) is 7.67. The van der Waals surface area contributed by atoms with Crippen molar-refractivity contribution in [1.29, 1.82) is 0 Å². The van der Waals surface area contributed by atoms with Gasteiger partial charge in [0.15, 0.2) is 17.8 Å². The highest BCUT2D eigenvalue weighted by molar-refractivity contribution is 6.01. The van der Waals surface area contributed by atoms with E-state index in [-0.39, 0.29) is 12.1 Å². The zero-order valence-electron chi connectivity index (χ0n) is 22.5. The molecule has 3 unspecified atom stereocenters. The third-order valence-corrected chi connectivity index (χ3v) is 8.18. The quantitative estimate of drug-likeness (QED) is 0.214. The van der Waals surface area contributed by atoms with Gasteiger partial charge in [-0.25, -0.2) is 4.58 Å². The summed E-state index contributed by atoms with van der Waals surface area (Å²) in [5.74, 6) is 0. The Morgan fingerprint density at radius 1 is 0.514 bits per heavy atom. The van der Waals surface area contributed by atoms with Crippen LogP contribution in [0.25, 0.3) is 0 Å². The number of benzene rings is 4. The number of hydrogen-bond acceptors (Lipinski definition) is 1. The molecule has 2 nitrogen and oxygen atoms in total. The van der Waals surface area contributed by atoms with Crippen molar-refractivity contribution in [1.82, 2.24) is 4.90 Å². The first-order valence-electron chi connectivity index (χ1n) is 13.7. The SMILES string of the molecule is CC(c1ccccc1)N(C1CC1=[N+](C(C)c1ccccc1)[C@H](C)c1ccccc1)[C@H](C)c1ccccc1. The van der Waals surface area contributed by atoms with Gasteiger partial charge in [0, 0.05) is 37.1 Å². The van der Waals surface area contributed by atoms with Crippen LogP contribution in [0.15, 0.2) is 121 Å². The summed E-state index contributed by atoms with van der Waals surface area (Å²) in [6, 6.07) is 45.5. The van der Waals surface area contributed by atoms with Crippen LogP contribution in [0.1, 0.15) is 80.5 Å². The standard InChI is InChI=1S/C35H39N2/c1-26(30-17-9-5-10-18-30)36(27(2)31-19-11-6-12-20-31)34-25-35(34)37(28(3)32-21-13-7-14-22-32)29(4)33-23-15-8-16-24-33/h5-24,26-29,34H,25H2,1-4H3/q+1/t26-,27?,28-,29?,34?/m1/s1. The maximum Gasteiger partial charge on any atom is 0.175 e. The third-order valence-electron chi connectivity index (χ3n) is 8.18. The Hall–Kier alpha value is -3.49. The average molecular weight is 488 g/mol. The molecule has 1 aliphatic carbocycles. The number of nitrogens with zero attached hydrogens (tertiary/aromatic N) is 2. The van der Waals surface area contributed by atoms with Gasteiger partial charge in [0.1, 0.15) is 6.04 Å². The van der Waals surface area contributed by atoms with Gasteiger partial charge in [-0.3, -0.25) is 4.90 Å². The highest BCUT2D eigenvalue weighted by Crippen LogP contribution is 2.42. The minimum absolute atomic E-state index is 0.289. The van der Waals surface area contributed by atoms with Crippen LogP contribution in [0.2, 0.25) is 0 Å². The highest BCUT2D eigenvalue weighted by atomic mass is 15.3. The molecule has 0 radical (unpaired) electrons. The molecule has 0 N–H and O–H groups in total. The molecule has 4 aromatic rings. The Morgan fingerprint density at radius 3 is 1.19 bits per heavy atom. The summed E-state index contributed by atoms with van der Waals surface area (Å²) >= 11 is 0. The molecule has 4 aromatic carbocycles. The van der Waals surface area contributed by atoms with Crippen LogP contribution in [-0.4, -0.2) is 21.2 Å². The van der Waals surface area contributed by atoms with Gasteiger partial charge in [-0.1, -0.05) is 121 Å². The second kappa shape index (κ2) is 11.3. The largest absolute Gasteiger partial charge is 0.277 e. The van der Waals surface area contributed by atoms with Gasteiger partial charge >= 0.3 is 0 Å². The summed E-state index contributed by atoms with van der Waals surface area (Å²) in [5.41, 5.74) is 7.01. The fourth-order valence-electron chi connectivity index (χ4n) is 5.99. The van der Waals surface area contributed by atoms with Crippen LogP contribution in [0, 0.1) is 0 Å². The molecule has 0 bridgehead atoms. The molecule has 0 heterocycles. The van der Waals surface area contributed by atoms with Gasteiger partial charge < -0.3 is 0 Å². The van der Waals surface area contributed by atoms with Crippen molar-refractivity contribution in [3.63, 3.8) is 0 Å². The van der Waals surface area contributed by atoms with E-state index in [9.17, 15) is 0 Å². The third kappa shape index (κ3) is 5.45. The van der Waals surface area contributed by atoms with Gasteiger partial charge in [0.05, 0.1) is 6.42 Å². The Bertz CT molecular complexity index is 1210. The molecule has 0 amide bonds. The van der Waals surface area contributed by atoms with Crippen LogP contribution in [0.3, 0.4) is 0 Å². The molecule has 37 heavy (non-hydrogen) atoms. The van der Waals surface area contributed by atoms with E-state index in [1.165, 1.54) is 22.3 Å². The summed E-state index contributed by atoms with van der Waals surface area (Å²) in [6.45, 7) is 9.47. The molecule has 0 saturated heterocycles. The zero-order chi connectivity index (χ0) is 25.8. The summed E-state index contributed by atoms with van der Waals surface area (Å²) in [5, 5.41) is 0. The molecule has 5 atom stereocenters. The molecule has 0 aromatic heterocycles. The summed E-state index contributed by atoms with van der Waals surface area (Å²) in [7, 11) is 0. The fourth-order valence-corrected chi connectivity index (χ4v) is 5.99. The lowest BCUT2D eigenvalue weighted by Gasteiger charge is -2.34. The van der Waals surface area contributed by atoms with Crippen LogP contribution < -0.4 is 0 Å². The summed E-state index contributed by atoms with van der Waals surface area (Å²) < 4.78 is 2.69. The molecule has 1 aliphatic rings. The highest BCUT2D eigenvalue weighted by Gasteiger charge is 2.51. The van der Waals surface area contributed by atoms with Crippen molar-refractivity contribution >= 4 is 5.71 Å². The van der Waals surface area contributed by atoms with Crippen LogP contribution in [0.4, 0.5) is 0 Å². The average Bonchev–Trinajstić information content (AvgIpc) is 3.74. The molecular weight excluding hydrogens is 448 g/mol. The Labute approximate surface area is 222 Å². The van der Waals surface area contributed by atoms with Gasteiger partial charge in [-0.15, -0.1) is 0 Å². The van der Waals surface area contributed by atoms with E-state index in [0.29, 0.717) is 18.1 Å². The van der Waals surface area contributed by atoms with Crippen molar-refractivity contribution in [2.75, 3.05) is 0 Å². The molecule has 0 spiro atoms. The maximum atomic E-state index is 2.74. The van der Waals surface area contributed by atoms with Crippen LogP contribution in [-0.2, 0) is 0 Å². The van der Waals surface area contributed by atoms with E-state index in [2.05, 4.69) is 158 Å². The molecule has 0 aliphatic heterocycles. The molecule has 2 heteroatoms. The lowest BCUT2D eigenvalue weighted by molar-refractivity contribution is -0.606. The maximum absolute atomic E-state index is 2.74. The molecule has 1 saturated carbocycles. The van der Waals surface area contributed by atoms with Crippen molar-refractivity contribution in [2.24, 2.45) is 0 Å². The molecular formula is C35H39N2+. The van der Waals surface area contributed by atoms with Gasteiger partial charge in [0.25, 0.3) is 0 Å². The van der Waals surface area contributed by atoms with E-state index in [0.717, 1.165) is 6.42 Å². The first-order valence-corrected chi connectivity index (χ1v) is 13.7. The predicted octanol–water partition coefficient (Wildman–Crippen LogP) is 8.56. The van der Waals surface area contributed by atoms with Crippen molar-refractivity contribution in [3.05, 3.63) is 144 Å². The molecule has 188 valence electrons. The smallest absolute Gasteiger partial charge is 0.175 e. The second-order valence-corrected chi connectivity index (χ2v) is 10.4. The molecule has 5 rings (SSSR count). The second-order valence-electron chi connectivity index (χ2n) is 10.4. The van der Waals surface area contributed by atoms with Crippen LogP contribution in [0.5, 0.6) is 0 Å². The van der Waals surface area contributed by atoms with Gasteiger partial charge in [-0.05, 0) is 25.0 Å². The topological polar surface area (TPSA) is 6.25 Å². The zero-order valence-corrected chi connectivity index (χ0v) is 22.5. The summed E-state index contributed by atoms with van der Waals surface area (Å²) in [6.07, 6.45) is 1.10. The monoisotopic (exact) mass is 487 g/mol. The van der Waals surface area contributed by atoms with Crippen LogP contribution >= 0.6 is 0 Å². The number of rotatable bonds is 9. The first kappa shape index (κ1) is 25.2. The van der Waals surface area contributed by atoms with E-state index >= 15 is 0 Å². The normalized spacial score (nSPS) is 19.6. The van der Waals surface area contributed by atoms with E-state index in [1.54, 1.807) is 5.71 Å². The number of hydrogen-bond donors (Lipinski definition) is 0. The first-order chi connectivity index (χ1) is 18.1. The Balaban J connectivity index is 1.58. The Morgan fingerprint density at radius 2 is 0.838 bits per heavy atom. The van der Waals surface area contributed by atoms with Gasteiger partial charge in [-0.2, -0.15) is 0 Å². The molecule has 1 fully saturated rings. The van der Waals surface area contributed by atoms with Crippen molar-refractivity contribution < 1.29 is 4.58 Å². The van der Waals surface area contributed by atoms with E-state index < -0.39 is 0 Å². The summed E-state index contributed by atoms with van der Waals surface area (Å²) in [4.78, 5) is 2.74. The predicted molar refractivity (Wildman–Crippen MR) is 155 cm³/mol. The minimum atomic E-state index is 0.289. The fraction of sp³-hybridized carbons (Fsp3) is 0.286. The van der Waals surface area contributed by atoms with Crippen molar-refractivity contribution in [3.8, 4) is 0 Å². The van der Waals surface area contributed by atoms with Crippen molar-refractivity contribution in [2.45, 2.75) is 64.3 Å². The van der Waals surface area contributed by atoms with Gasteiger partial charge in [0.2, 0.25) is 0 Å². The van der Waals surface area contributed by atoms with E-state index in [4.69, 9.17) is 0 Å². The lowest BCUT2D eigenvalue weighted by Crippen LogP contribution is -2.35. The lowest BCUT2D eigenvalue weighted by atomic mass is 10.0. The van der Waals surface area contributed by atoms with E-state index in [1.807, 2.05) is 0 Å². The minimum Gasteiger partial charge on any atom is -0.277 e.